The molecule has 0 radical (unpaired) electrons. The zero-order valence-corrected chi connectivity index (χ0v) is 12.3. The molecule has 1 fully saturated rings. The summed E-state index contributed by atoms with van der Waals surface area (Å²) in [6, 6.07) is 6.90. The number of nitrogens with zero attached hydrogens (tertiary/aromatic N) is 1. The lowest BCUT2D eigenvalue weighted by atomic mass is 10.1. The zero-order chi connectivity index (χ0) is 13.8. The van der Waals surface area contributed by atoms with E-state index in [1.54, 1.807) is 0 Å². The zero-order valence-electron chi connectivity index (χ0n) is 10.1. The Morgan fingerprint density at radius 1 is 1.32 bits per heavy atom. The Balaban J connectivity index is 2.09. The SMILES string of the molecule is O=C(C#Cc1ccc(I)cc1)C1CCCN1C(=O)O. The molecule has 1 unspecified atom stereocenters. The molecule has 1 amide bonds. The van der Waals surface area contributed by atoms with E-state index < -0.39 is 12.1 Å². The first kappa shape index (κ1) is 13.9. The van der Waals surface area contributed by atoms with Gasteiger partial charge in [0.2, 0.25) is 5.78 Å². The van der Waals surface area contributed by atoms with Crippen molar-refractivity contribution in [2.45, 2.75) is 18.9 Å². The van der Waals surface area contributed by atoms with E-state index in [-0.39, 0.29) is 5.78 Å². The fourth-order valence-corrected chi connectivity index (χ4v) is 2.38. The summed E-state index contributed by atoms with van der Waals surface area (Å²) < 4.78 is 1.10. The van der Waals surface area contributed by atoms with Gasteiger partial charge in [0.25, 0.3) is 0 Å². The topological polar surface area (TPSA) is 57.6 Å². The Morgan fingerprint density at radius 2 is 2.00 bits per heavy atom. The van der Waals surface area contributed by atoms with Gasteiger partial charge in [0.1, 0.15) is 6.04 Å². The molecule has 0 bridgehead atoms. The number of benzene rings is 1. The van der Waals surface area contributed by atoms with Gasteiger partial charge in [-0.25, -0.2) is 4.79 Å². The number of likely N-dealkylation sites (tertiary alicyclic amines) is 1. The summed E-state index contributed by atoms with van der Waals surface area (Å²) in [5, 5.41) is 8.97. The van der Waals surface area contributed by atoms with Crippen LogP contribution >= 0.6 is 22.6 Å². The van der Waals surface area contributed by atoms with E-state index in [1.165, 1.54) is 4.90 Å². The monoisotopic (exact) mass is 369 g/mol. The van der Waals surface area contributed by atoms with Gasteiger partial charge in [-0.3, -0.25) is 9.69 Å². The summed E-state index contributed by atoms with van der Waals surface area (Å²) >= 11 is 2.19. The number of amides is 1. The van der Waals surface area contributed by atoms with Crippen LogP contribution in [0.4, 0.5) is 4.79 Å². The maximum atomic E-state index is 11.9. The second-order valence-electron chi connectivity index (χ2n) is 4.26. The van der Waals surface area contributed by atoms with E-state index in [4.69, 9.17) is 5.11 Å². The third kappa shape index (κ3) is 3.47. The lowest BCUT2D eigenvalue weighted by Crippen LogP contribution is -2.39. The second kappa shape index (κ2) is 6.06. The first-order valence-electron chi connectivity index (χ1n) is 5.89. The lowest BCUT2D eigenvalue weighted by Gasteiger charge is -2.17. The highest BCUT2D eigenvalue weighted by Gasteiger charge is 2.32. The summed E-state index contributed by atoms with van der Waals surface area (Å²) in [6.45, 7) is 0.414. The summed E-state index contributed by atoms with van der Waals surface area (Å²) in [7, 11) is 0. The molecule has 0 saturated carbocycles. The van der Waals surface area contributed by atoms with Crippen molar-refractivity contribution < 1.29 is 14.7 Å². The summed E-state index contributed by atoms with van der Waals surface area (Å²) in [5.41, 5.74) is 0.758. The predicted octanol–water partition coefficient (Wildman–Crippen LogP) is 2.35. The van der Waals surface area contributed by atoms with Crippen molar-refractivity contribution in [2.75, 3.05) is 6.54 Å². The minimum Gasteiger partial charge on any atom is -0.465 e. The van der Waals surface area contributed by atoms with Crippen molar-refractivity contribution in [3.63, 3.8) is 0 Å². The first-order valence-corrected chi connectivity index (χ1v) is 6.97. The lowest BCUT2D eigenvalue weighted by molar-refractivity contribution is -0.117. The van der Waals surface area contributed by atoms with Crippen LogP contribution in [0, 0.1) is 15.4 Å². The Morgan fingerprint density at radius 3 is 2.63 bits per heavy atom. The predicted molar refractivity (Wildman–Crippen MR) is 78.8 cm³/mol. The van der Waals surface area contributed by atoms with Crippen LogP contribution in [-0.2, 0) is 4.79 Å². The number of carbonyl (C=O) groups excluding carboxylic acids is 1. The second-order valence-corrected chi connectivity index (χ2v) is 5.50. The molecule has 1 atom stereocenters. The molecule has 0 spiro atoms. The van der Waals surface area contributed by atoms with Crippen LogP contribution in [0.15, 0.2) is 24.3 Å². The van der Waals surface area contributed by atoms with Gasteiger partial charge in [-0.1, -0.05) is 5.92 Å². The van der Waals surface area contributed by atoms with Gasteiger partial charge in [0.05, 0.1) is 0 Å². The average molecular weight is 369 g/mol. The minimum absolute atomic E-state index is 0.321. The van der Waals surface area contributed by atoms with E-state index >= 15 is 0 Å². The molecule has 1 aromatic rings. The van der Waals surface area contributed by atoms with E-state index in [1.807, 2.05) is 24.3 Å². The molecular formula is C14H12INO3. The largest absolute Gasteiger partial charge is 0.465 e. The van der Waals surface area contributed by atoms with Crippen LogP contribution in [0.5, 0.6) is 0 Å². The molecule has 1 N–H and O–H groups in total. The molecule has 4 nitrogen and oxygen atoms in total. The van der Waals surface area contributed by atoms with Crippen LogP contribution < -0.4 is 0 Å². The normalized spacial score (nSPS) is 17.7. The highest BCUT2D eigenvalue weighted by Crippen LogP contribution is 2.17. The Kier molecular flexibility index (Phi) is 4.43. The molecule has 5 heteroatoms. The maximum Gasteiger partial charge on any atom is 0.407 e. The van der Waals surface area contributed by atoms with Gasteiger partial charge in [-0.05, 0) is 65.6 Å². The number of hydrogen-bond donors (Lipinski definition) is 1. The van der Waals surface area contributed by atoms with Crippen molar-refractivity contribution in [3.05, 3.63) is 33.4 Å². The molecule has 1 aliphatic rings. The molecule has 0 aliphatic carbocycles. The van der Waals surface area contributed by atoms with Crippen molar-refractivity contribution in [1.82, 2.24) is 4.90 Å². The van der Waals surface area contributed by atoms with E-state index in [9.17, 15) is 9.59 Å². The summed E-state index contributed by atoms with van der Waals surface area (Å²) in [4.78, 5) is 24.0. The smallest absolute Gasteiger partial charge is 0.407 e. The third-order valence-electron chi connectivity index (χ3n) is 2.98. The fourth-order valence-electron chi connectivity index (χ4n) is 2.02. The number of Topliss-reactive ketones (excluding diaryl/α,β-unsaturated/α-hetero) is 1. The summed E-state index contributed by atoms with van der Waals surface area (Å²) in [6.07, 6.45) is 0.229. The number of rotatable bonds is 1. The highest BCUT2D eigenvalue weighted by molar-refractivity contribution is 14.1. The van der Waals surface area contributed by atoms with E-state index in [0.717, 1.165) is 9.13 Å². The van der Waals surface area contributed by atoms with E-state index in [0.29, 0.717) is 19.4 Å². The van der Waals surface area contributed by atoms with Gasteiger partial charge < -0.3 is 5.11 Å². The molecule has 0 aromatic heterocycles. The van der Waals surface area contributed by atoms with Gasteiger partial charge in [-0.15, -0.1) is 0 Å². The van der Waals surface area contributed by atoms with Gasteiger partial charge in [-0.2, -0.15) is 0 Å². The fraction of sp³-hybridized carbons (Fsp3) is 0.286. The van der Waals surface area contributed by atoms with Gasteiger partial charge >= 0.3 is 6.09 Å². The molecule has 1 aromatic carbocycles. The third-order valence-corrected chi connectivity index (χ3v) is 3.69. The molecule has 19 heavy (non-hydrogen) atoms. The van der Waals surface area contributed by atoms with Gasteiger partial charge in [0.15, 0.2) is 0 Å². The molecule has 1 aliphatic heterocycles. The number of carboxylic acid groups (broad SMARTS) is 1. The maximum absolute atomic E-state index is 11.9. The Hall–Kier alpha value is -1.55. The quantitative estimate of drug-likeness (QED) is 0.611. The average Bonchev–Trinajstić information content (AvgIpc) is 2.87. The molecular weight excluding hydrogens is 357 g/mol. The van der Waals surface area contributed by atoms with Crippen LogP contribution in [0.2, 0.25) is 0 Å². The molecule has 98 valence electrons. The minimum atomic E-state index is -1.05. The van der Waals surface area contributed by atoms with Crippen molar-refractivity contribution in [1.29, 1.82) is 0 Å². The van der Waals surface area contributed by atoms with Crippen LogP contribution in [0.1, 0.15) is 18.4 Å². The van der Waals surface area contributed by atoms with Crippen LogP contribution in [-0.4, -0.2) is 34.5 Å². The molecule has 2 rings (SSSR count). The Bertz CT molecular complexity index is 556. The van der Waals surface area contributed by atoms with Crippen LogP contribution in [0.3, 0.4) is 0 Å². The number of carbonyl (C=O) groups is 2. The summed E-state index contributed by atoms with van der Waals surface area (Å²) in [5.74, 6) is 5.01. The number of ketones is 1. The molecule has 1 saturated heterocycles. The van der Waals surface area contributed by atoms with E-state index in [2.05, 4.69) is 34.4 Å². The highest BCUT2D eigenvalue weighted by atomic mass is 127. The van der Waals surface area contributed by atoms with Gasteiger partial charge in [0, 0.05) is 15.7 Å². The molecule has 1 heterocycles. The van der Waals surface area contributed by atoms with Crippen LogP contribution in [0.25, 0.3) is 0 Å². The first-order chi connectivity index (χ1) is 9.08. The van der Waals surface area contributed by atoms with Crippen molar-refractivity contribution in [3.8, 4) is 11.8 Å². The number of hydrogen-bond acceptors (Lipinski definition) is 2. The van der Waals surface area contributed by atoms with Crippen molar-refractivity contribution >= 4 is 34.5 Å². The standard InChI is InChI=1S/C14H12INO3/c15-11-6-3-10(4-7-11)5-8-13(17)12-2-1-9-16(12)14(18)19/h3-4,6-7,12H,1-2,9H2,(H,18,19). The van der Waals surface area contributed by atoms with Crippen molar-refractivity contribution in [2.24, 2.45) is 0 Å². The number of halogens is 1. The Labute approximate surface area is 124 Å².